The smallest absolute Gasteiger partial charge is 0.396 e. The van der Waals surface area contributed by atoms with Gasteiger partial charge in [0.05, 0.1) is 0 Å². The summed E-state index contributed by atoms with van der Waals surface area (Å²) in [5.41, 5.74) is -7.58. The molecule has 0 atom stereocenters. The highest BCUT2D eigenvalue weighted by Gasteiger charge is 2.95. The number of esters is 1. The SMILES string of the molecule is C=CC(=O)OC(F)(F)C(C(F)(F)F)(C(F)(F)F)C(F)(F)F. The van der Waals surface area contributed by atoms with E-state index in [0.717, 1.165) is 0 Å². The quantitative estimate of drug-likeness (QED) is 0.441. The van der Waals surface area contributed by atoms with Crippen LogP contribution >= 0.6 is 0 Å². The van der Waals surface area contributed by atoms with Gasteiger partial charge in [-0.2, -0.15) is 48.3 Å². The summed E-state index contributed by atoms with van der Waals surface area (Å²) in [4.78, 5) is 10.3. The predicted molar refractivity (Wildman–Crippen MR) is 41.8 cm³/mol. The molecule has 0 fully saturated rings. The predicted octanol–water partition coefficient (Wildman–Crippen LogP) is 3.98. The van der Waals surface area contributed by atoms with Crippen LogP contribution < -0.4 is 0 Å². The first-order chi connectivity index (χ1) is 8.95. The number of alkyl halides is 11. The summed E-state index contributed by atoms with van der Waals surface area (Å²) in [6.45, 7) is 2.36. The van der Waals surface area contributed by atoms with E-state index in [2.05, 4.69) is 11.3 Å². The number of hydrogen-bond donors (Lipinski definition) is 0. The van der Waals surface area contributed by atoms with E-state index in [9.17, 15) is 53.1 Å². The molecule has 0 rings (SSSR count). The molecule has 124 valence electrons. The zero-order valence-electron chi connectivity index (χ0n) is 9.26. The number of carbonyl (C=O) groups excluding carboxylic acids is 1. The van der Waals surface area contributed by atoms with Gasteiger partial charge in [0, 0.05) is 6.08 Å². The molecule has 0 aliphatic heterocycles. The summed E-state index contributed by atoms with van der Waals surface area (Å²) >= 11 is 0. The Morgan fingerprint density at radius 2 is 1.05 bits per heavy atom. The molecular weight excluding hydrogens is 337 g/mol. The van der Waals surface area contributed by atoms with E-state index in [1.165, 1.54) is 0 Å². The highest BCUT2D eigenvalue weighted by Crippen LogP contribution is 2.66. The fourth-order valence-electron chi connectivity index (χ4n) is 1.22. The van der Waals surface area contributed by atoms with Crippen molar-refractivity contribution in [3.8, 4) is 0 Å². The summed E-state index contributed by atoms with van der Waals surface area (Å²) < 4.78 is 139. The Morgan fingerprint density at radius 1 is 0.762 bits per heavy atom. The van der Waals surface area contributed by atoms with Crippen LogP contribution in [-0.2, 0) is 9.53 Å². The van der Waals surface area contributed by atoms with E-state index in [0.29, 0.717) is 0 Å². The Morgan fingerprint density at radius 3 is 1.24 bits per heavy atom. The van der Waals surface area contributed by atoms with Crippen molar-refractivity contribution < 1.29 is 57.8 Å². The van der Waals surface area contributed by atoms with Crippen LogP contribution in [0.5, 0.6) is 0 Å². The van der Waals surface area contributed by atoms with Gasteiger partial charge in [-0.3, -0.25) is 0 Å². The topological polar surface area (TPSA) is 26.3 Å². The molecule has 0 aromatic carbocycles. The average molecular weight is 340 g/mol. The summed E-state index contributed by atoms with van der Waals surface area (Å²) in [6, 6.07) is 0. The summed E-state index contributed by atoms with van der Waals surface area (Å²) in [5, 5.41) is 0. The highest BCUT2D eigenvalue weighted by atomic mass is 19.4. The van der Waals surface area contributed by atoms with Crippen molar-refractivity contribution in [3.63, 3.8) is 0 Å². The molecule has 0 aliphatic carbocycles. The van der Waals surface area contributed by atoms with E-state index in [1.54, 1.807) is 0 Å². The van der Waals surface area contributed by atoms with Crippen molar-refractivity contribution in [3.05, 3.63) is 12.7 Å². The molecule has 0 N–H and O–H groups in total. The van der Waals surface area contributed by atoms with Gasteiger partial charge in [-0.25, -0.2) is 4.79 Å². The summed E-state index contributed by atoms with van der Waals surface area (Å²) in [5.74, 6) is -2.61. The second-order valence-electron chi connectivity index (χ2n) is 3.39. The van der Waals surface area contributed by atoms with Crippen molar-refractivity contribution in [1.29, 1.82) is 0 Å². The maximum Gasteiger partial charge on any atom is 0.433 e. The third kappa shape index (κ3) is 2.90. The molecule has 13 heteroatoms. The first-order valence-corrected chi connectivity index (χ1v) is 4.39. The zero-order valence-corrected chi connectivity index (χ0v) is 9.26. The van der Waals surface area contributed by atoms with Crippen LogP contribution in [0.25, 0.3) is 0 Å². The molecule has 2 nitrogen and oxygen atoms in total. The fourth-order valence-corrected chi connectivity index (χ4v) is 1.22. The third-order valence-electron chi connectivity index (χ3n) is 2.11. The molecule has 0 aliphatic rings. The Kier molecular flexibility index (Phi) is 4.64. The molecule has 0 bridgehead atoms. The maximum absolute atomic E-state index is 13.0. The van der Waals surface area contributed by atoms with E-state index in [-0.39, 0.29) is 6.08 Å². The minimum atomic E-state index is -7.58. The van der Waals surface area contributed by atoms with E-state index >= 15 is 0 Å². The van der Waals surface area contributed by atoms with Crippen LogP contribution in [0.15, 0.2) is 12.7 Å². The van der Waals surface area contributed by atoms with Crippen LogP contribution in [0.1, 0.15) is 0 Å². The van der Waals surface area contributed by atoms with Gasteiger partial charge >= 0.3 is 36.0 Å². The molecular formula is C8H3F11O2. The third-order valence-corrected chi connectivity index (χ3v) is 2.11. The lowest BCUT2D eigenvalue weighted by atomic mass is 9.83. The Balaban J connectivity index is 6.55. The molecule has 0 radical (unpaired) electrons. The van der Waals surface area contributed by atoms with Gasteiger partial charge in [0.15, 0.2) is 0 Å². The lowest BCUT2D eigenvalue weighted by molar-refractivity contribution is -0.507. The molecule has 0 unspecified atom stereocenters. The summed E-state index contributed by atoms with van der Waals surface area (Å²) in [7, 11) is 0. The van der Waals surface area contributed by atoms with E-state index in [4.69, 9.17) is 0 Å². The number of rotatable bonds is 3. The van der Waals surface area contributed by atoms with Crippen LogP contribution in [0, 0.1) is 5.41 Å². The Labute approximate surface area is 108 Å². The number of halogens is 11. The van der Waals surface area contributed by atoms with Gasteiger partial charge < -0.3 is 4.74 Å². The lowest BCUT2D eigenvalue weighted by Crippen LogP contribution is -2.69. The van der Waals surface area contributed by atoms with Gasteiger partial charge in [0.2, 0.25) is 0 Å². The molecule has 0 saturated heterocycles. The van der Waals surface area contributed by atoms with Crippen molar-refractivity contribution in [2.75, 3.05) is 0 Å². The number of carbonyl (C=O) groups is 1. The molecule has 0 aromatic rings. The highest BCUT2D eigenvalue weighted by molar-refractivity contribution is 5.81. The molecule has 0 amide bonds. The number of hydrogen-bond acceptors (Lipinski definition) is 2. The van der Waals surface area contributed by atoms with Crippen molar-refractivity contribution in [2.24, 2.45) is 5.41 Å². The average Bonchev–Trinajstić information content (AvgIpc) is 2.08. The van der Waals surface area contributed by atoms with Crippen LogP contribution in [-0.4, -0.2) is 30.6 Å². The minimum absolute atomic E-state index is 0.332. The number of ether oxygens (including phenoxy) is 1. The largest absolute Gasteiger partial charge is 0.433 e. The monoisotopic (exact) mass is 340 g/mol. The standard InChI is InChI=1S/C8H3F11O2/c1-2-3(20)21-8(18,19)4(5(9,10)11,6(12,13)14)7(15,16)17/h2H,1H2. The molecule has 21 heavy (non-hydrogen) atoms. The molecule has 0 heterocycles. The molecule has 0 saturated carbocycles. The first kappa shape index (κ1) is 19.4. The van der Waals surface area contributed by atoms with Gasteiger partial charge in [-0.15, -0.1) is 0 Å². The minimum Gasteiger partial charge on any atom is -0.396 e. The van der Waals surface area contributed by atoms with Gasteiger partial charge in [0.25, 0.3) is 0 Å². The van der Waals surface area contributed by atoms with Gasteiger partial charge in [-0.1, -0.05) is 6.58 Å². The molecule has 0 spiro atoms. The van der Waals surface area contributed by atoms with Crippen LogP contribution in [0.4, 0.5) is 48.3 Å². The van der Waals surface area contributed by atoms with Gasteiger partial charge in [0.1, 0.15) is 0 Å². The zero-order chi connectivity index (χ0) is 17.5. The van der Waals surface area contributed by atoms with Crippen LogP contribution in [0.3, 0.4) is 0 Å². The summed E-state index contributed by atoms with van der Waals surface area (Å²) in [6.07, 6.45) is -30.0. The van der Waals surface area contributed by atoms with Crippen molar-refractivity contribution >= 4 is 5.97 Å². The van der Waals surface area contributed by atoms with Gasteiger partial charge in [-0.05, 0) is 0 Å². The molecule has 0 aromatic heterocycles. The normalized spacial score (nSPS) is 14.8. The fraction of sp³-hybridized carbons (Fsp3) is 0.625. The second kappa shape index (κ2) is 5.02. The van der Waals surface area contributed by atoms with Crippen molar-refractivity contribution in [1.82, 2.24) is 0 Å². The van der Waals surface area contributed by atoms with Crippen molar-refractivity contribution in [2.45, 2.75) is 24.6 Å². The van der Waals surface area contributed by atoms with Crippen LogP contribution in [0.2, 0.25) is 0 Å². The lowest BCUT2D eigenvalue weighted by Gasteiger charge is -2.41. The maximum atomic E-state index is 13.0. The van der Waals surface area contributed by atoms with E-state index < -0.39 is 36.0 Å². The Bertz CT molecular complexity index is 377. The second-order valence-corrected chi connectivity index (χ2v) is 3.39. The Hall–Kier alpha value is -1.56. The first-order valence-electron chi connectivity index (χ1n) is 4.39. The van der Waals surface area contributed by atoms with E-state index in [1.807, 2.05) is 0 Å².